The zero-order valence-electron chi connectivity index (χ0n) is 12.9. The van der Waals surface area contributed by atoms with E-state index in [0.717, 1.165) is 50.7 Å². The number of ether oxygens (including phenoxy) is 1. The van der Waals surface area contributed by atoms with E-state index < -0.39 is 0 Å². The van der Waals surface area contributed by atoms with Crippen LogP contribution in [0.25, 0.3) is 0 Å². The van der Waals surface area contributed by atoms with Crippen LogP contribution in [-0.4, -0.2) is 65.6 Å². The van der Waals surface area contributed by atoms with E-state index in [9.17, 15) is 4.79 Å². The summed E-state index contributed by atoms with van der Waals surface area (Å²) in [6.07, 6.45) is 7.47. The molecule has 0 bridgehead atoms. The molecule has 3 fully saturated rings. The van der Waals surface area contributed by atoms with Gasteiger partial charge in [-0.2, -0.15) is 0 Å². The number of hydrogen-bond donors (Lipinski definition) is 0. The Morgan fingerprint density at radius 3 is 2.82 bits per heavy atom. The molecule has 3 aliphatic rings. The van der Waals surface area contributed by atoms with Crippen LogP contribution in [0.3, 0.4) is 0 Å². The van der Waals surface area contributed by atoms with E-state index >= 15 is 0 Å². The lowest BCUT2D eigenvalue weighted by Crippen LogP contribution is -2.52. The summed E-state index contributed by atoms with van der Waals surface area (Å²) in [6.45, 7) is 4.57. The van der Waals surface area contributed by atoms with Crippen LogP contribution in [0.4, 0.5) is 0 Å². The third-order valence-electron chi connectivity index (χ3n) is 5.06. The number of amides is 1. The zero-order valence-corrected chi connectivity index (χ0v) is 12.9. The molecule has 118 valence electrons. The minimum Gasteiger partial charge on any atom is -0.377 e. The first-order chi connectivity index (χ1) is 10.8. The number of nitrogens with zero attached hydrogens (tertiary/aromatic N) is 3. The fourth-order valence-electron chi connectivity index (χ4n) is 3.54. The maximum atomic E-state index is 12.5. The minimum atomic E-state index is 0.129. The van der Waals surface area contributed by atoms with Crippen LogP contribution < -0.4 is 0 Å². The van der Waals surface area contributed by atoms with Crippen molar-refractivity contribution >= 4 is 5.91 Å². The smallest absolute Gasteiger partial charge is 0.254 e. The lowest BCUT2D eigenvalue weighted by Gasteiger charge is -2.37. The Bertz CT molecular complexity index is 532. The normalized spacial score (nSPS) is 28.6. The second-order valence-electron chi connectivity index (χ2n) is 6.77. The maximum absolute atomic E-state index is 12.5. The number of rotatable bonds is 4. The van der Waals surface area contributed by atoms with Gasteiger partial charge in [0.1, 0.15) is 0 Å². The summed E-state index contributed by atoms with van der Waals surface area (Å²) >= 11 is 0. The van der Waals surface area contributed by atoms with Gasteiger partial charge in [0.2, 0.25) is 0 Å². The van der Waals surface area contributed by atoms with Gasteiger partial charge in [0.25, 0.3) is 5.91 Å². The number of aromatic nitrogens is 1. The average Bonchev–Trinajstić information content (AvgIpc) is 3.30. The molecule has 0 unspecified atom stereocenters. The summed E-state index contributed by atoms with van der Waals surface area (Å²) in [6, 6.07) is 4.05. The van der Waals surface area contributed by atoms with Crippen molar-refractivity contribution in [3.8, 4) is 0 Å². The number of carbonyl (C=O) groups is 1. The fourth-order valence-corrected chi connectivity index (χ4v) is 3.54. The van der Waals surface area contributed by atoms with Gasteiger partial charge in [0, 0.05) is 56.8 Å². The van der Waals surface area contributed by atoms with Crippen molar-refractivity contribution in [3.63, 3.8) is 0 Å². The third-order valence-corrected chi connectivity index (χ3v) is 5.06. The van der Waals surface area contributed by atoms with Crippen LogP contribution in [0.5, 0.6) is 0 Å². The first kappa shape index (κ1) is 14.2. The summed E-state index contributed by atoms with van der Waals surface area (Å²) in [5.74, 6) is 0.951. The highest BCUT2D eigenvalue weighted by atomic mass is 16.5. The first-order valence-electron chi connectivity index (χ1n) is 8.34. The standard InChI is InChI=1S/C17H23N3O2/c21-17(14-3-5-18-6-4-14)20-8-7-19-11-16(9-15(19)10-20)22-12-13-1-2-13/h3-6,13,15-16H,1-2,7-12H2/t15-,16+/m0/s1. The second kappa shape index (κ2) is 5.97. The molecule has 1 aromatic heterocycles. The third kappa shape index (κ3) is 3.01. The van der Waals surface area contributed by atoms with E-state index in [-0.39, 0.29) is 5.91 Å². The van der Waals surface area contributed by atoms with Crippen molar-refractivity contribution in [1.82, 2.24) is 14.8 Å². The molecule has 2 saturated heterocycles. The molecular formula is C17H23N3O2. The Kier molecular flexibility index (Phi) is 3.84. The largest absolute Gasteiger partial charge is 0.377 e. The lowest BCUT2D eigenvalue weighted by atomic mass is 10.1. The summed E-state index contributed by atoms with van der Waals surface area (Å²) in [4.78, 5) is 21.0. The number of piperazine rings is 1. The highest BCUT2D eigenvalue weighted by Gasteiger charge is 2.38. The van der Waals surface area contributed by atoms with Gasteiger partial charge in [0.15, 0.2) is 0 Å². The van der Waals surface area contributed by atoms with E-state index in [0.29, 0.717) is 12.1 Å². The van der Waals surface area contributed by atoms with Crippen molar-refractivity contribution in [1.29, 1.82) is 0 Å². The Hall–Kier alpha value is -1.46. The Morgan fingerprint density at radius 1 is 1.23 bits per heavy atom. The number of carbonyl (C=O) groups excluding carboxylic acids is 1. The summed E-state index contributed by atoms with van der Waals surface area (Å²) < 4.78 is 6.05. The highest BCUT2D eigenvalue weighted by molar-refractivity contribution is 5.94. The van der Waals surface area contributed by atoms with Gasteiger partial charge < -0.3 is 9.64 Å². The monoisotopic (exact) mass is 301 g/mol. The van der Waals surface area contributed by atoms with Crippen molar-refractivity contribution in [2.45, 2.75) is 31.4 Å². The molecule has 0 aromatic carbocycles. The molecule has 5 nitrogen and oxygen atoms in total. The van der Waals surface area contributed by atoms with Gasteiger partial charge in [-0.25, -0.2) is 0 Å². The second-order valence-corrected chi connectivity index (χ2v) is 6.77. The molecule has 2 aliphatic heterocycles. The molecule has 5 heteroatoms. The van der Waals surface area contributed by atoms with E-state index in [2.05, 4.69) is 9.88 Å². The van der Waals surface area contributed by atoms with Crippen molar-refractivity contribution in [2.75, 3.05) is 32.8 Å². The SMILES string of the molecule is O=C(c1ccncc1)N1CCN2C[C@H](OCC3CC3)C[C@H]2C1. The molecule has 1 aromatic rings. The number of pyridine rings is 1. The minimum absolute atomic E-state index is 0.129. The van der Waals surface area contributed by atoms with Gasteiger partial charge >= 0.3 is 0 Å². The van der Waals surface area contributed by atoms with Crippen LogP contribution in [0.2, 0.25) is 0 Å². The first-order valence-corrected chi connectivity index (χ1v) is 8.34. The molecule has 0 N–H and O–H groups in total. The molecule has 1 aliphatic carbocycles. The topological polar surface area (TPSA) is 45.7 Å². The molecule has 3 heterocycles. The van der Waals surface area contributed by atoms with E-state index in [1.54, 1.807) is 24.5 Å². The lowest BCUT2D eigenvalue weighted by molar-refractivity contribution is 0.0492. The quantitative estimate of drug-likeness (QED) is 0.843. The predicted octanol–water partition coefficient (Wildman–Crippen LogP) is 1.41. The van der Waals surface area contributed by atoms with Crippen molar-refractivity contribution < 1.29 is 9.53 Å². The summed E-state index contributed by atoms with van der Waals surface area (Å²) in [5.41, 5.74) is 0.739. The molecule has 0 radical (unpaired) electrons. The average molecular weight is 301 g/mol. The Labute approximate surface area is 131 Å². The Morgan fingerprint density at radius 2 is 2.05 bits per heavy atom. The number of hydrogen-bond acceptors (Lipinski definition) is 4. The van der Waals surface area contributed by atoms with Gasteiger partial charge in [0.05, 0.1) is 6.10 Å². The molecule has 1 amide bonds. The van der Waals surface area contributed by atoms with Crippen LogP contribution in [0, 0.1) is 5.92 Å². The molecule has 2 atom stereocenters. The zero-order chi connectivity index (χ0) is 14.9. The van der Waals surface area contributed by atoms with Gasteiger partial charge in [-0.3, -0.25) is 14.7 Å². The van der Waals surface area contributed by atoms with Crippen LogP contribution >= 0.6 is 0 Å². The predicted molar refractivity (Wildman–Crippen MR) is 82.6 cm³/mol. The molecule has 22 heavy (non-hydrogen) atoms. The fraction of sp³-hybridized carbons (Fsp3) is 0.647. The summed E-state index contributed by atoms with van der Waals surface area (Å²) in [5, 5.41) is 0. The van der Waals surface area contributed by atoms with Crippen LogP contribution in [0.15, 0.2) is 24.5 Å². The van der Waals surface area contributed by atoms with Gasteiger partial charge in [-0.15, -0.1) is 0 Å². The van der Waals surface area contributed by atoms with Crippen molar-refractivity contribution in [3.05, 3.63) is 30.1 Å². The van der Waals surface area contributed by atoms with E-state index in [1.165, 1.54) is 12.8 Å². The maximum Gasteiger partial charge on any atom is 0.254 e. The number of fused-ring (bicyclic) bond motifs is 1. The highest BCUT2D eigenvalue weighted by Crippen LogP contribution is 2.31. The van der Waals surface area contributed by atoms with E-state index in [4.69, 9.17) is 4.74 Å². The van der Waals surface area contributed by atoms with Gasteiger partial charge in [-0.05, 0) is 37.3 Å². The molecule has 1 saturated carbocycles. The van der Waals surface area contributed by atoms with Crippen LogP contribution in [-0.2, 0) is 4.74 Å². The summed E-state index contributed by atoms with van der Waals surface area (Å²) in [7, 11) is 0. The van der Waals surface area contributed by atoms with Crippen LogP contribution in [0.1, 0.15) is 29.6 Å². The van der Waals surface area contributed by atoms with Crippen molar-refractivity contribution in [2.24, 2.45) is 5.92 Å². The Balaban J connectivity index is 1.34. The molecular weight excluding hydrogens is 278 g/mol. The molecule has 4 rings (SSSR count). The van der Waals surface area contributed by atoms with E-state index in [1.807, 2.05) is 4.90 Å². The molecule has 0 spiro atoms. The van der Waals surface area contributed by atoms with Gasteiger partial charge in [-0.1, -0.05) is 0 Å².